The molecule has 0 fully saturated rings. The molecule has 104 valence electrons. The molecule has 0 aliphatic heterocycles. The van der Waals surface area contributed by atoms with Crippen LogP contribution in [0.1, 0.15) is 0 Å². The summed E-state index contributed by atoms with van der Waals surface area (Å²) >= 11 is 0. The fourth-order valence-corrected chi connectivity index (χ4v) is 2.68. The van der Waals surface area contributed by atoms with Crippen LogP contribution in [0.4, 0.5) is 0 Å². The van der Waals surface area contributed by atoms with Crippen LogP contribution < -0.4 is 0 Å². The van der Waals surface area contributed by atoms with Gasteiger partial charge >= 0.3 is 0 Å². The first-order chi connectivity index (χ1) is 10.0. The summed E-state index contributed by atoms with van der Waals surface area (Å²) in [5.74, 6) is -0.161. The van der Waals surface area contributed by atoms with Crippen molar-refractivity contribution >= 4 is 32.7 Å². The van der Waals surface area contributed by atoms with Gasteiger partial charge in [-0.2, -0.15) is 0 Å². The predicted molar refractivity (Wildman–Crippen MR) is 77.9 cm³/mol. The van der Waals surface area contributed by atoms with E-state index in [1.165, 1.54) is 24.3 Å². The third kappa shape index (κ3) is 1.51. The average molecular weight is 282 g/mol. The van der Waals surface area contributed by atoms with Crippen molar-refractivity contribution in [3.63, 3.8) is 0 Å². The summed E-state index contributed by atoms with van der Waals surface area (Å²) in [5.41, 5.74) is 0.774. The molecule has 0 unspecified atom stereocenters. The van der Waals surface area contributed by atoms with Gasteiger partial charge in [0, 0.05) is 28.3 Å². The minimum Gasteiger partial charge on any atom is -0.508 e. The Hall–Kier alpha value is -3.08. The average Bonchev–Trinajstić information content (AvgIpc) is 2.78. The molecule has 5 heteroatoms. The van der Waals surface area contributed by atoms with Gasteiger partial charge in [0.2, 0.25) is 0 Å². The third-order valence-corrected chi connectivity index (χ3v) is 3.63. The highest BCUT2D eigenvalue weighted by atomic mass is 16.3. The lowest BCUT2D eigenvalue weighted by Gasteiger charge is -2.03. The van der Waals surface area contributed by atoms with E-state index in [0.717, 1.165) is 0 Å². The van der Waals surface area contributed by atoms with Crippen molar-refractivity contribution in [2.75, 3.05) is 0 Å². The summed E-state index contributed by atoms with van der Waals surface area (Å²) in [7, 11) is 0. The van der Waals surface area contributed by atoms with E-state index < -0.39 is 0 Å². The first-order valence-corrected chi connectivity index (χ1v) is 6.27. The Labute approximate surface area is 117 Å². The number of rotatable bonds is 0. The van der Waals surface area contributed by atoms with E-state index >= 15 is 0 Å². The number of phenolic OH excluding ortho intramolecular Hbond substituents is 4. The molecule has 0 saturated carbocycles. The van der Waals surface area contributed by atoms with Crippen LogP contribution in [0.3, 0.4) is 0 Å². The molecule has 0 saturated heterocycles. The molecule has 1 heterocycles. The molecule has 0 bridgehead atoms. The van der Waals surface area contributed by atoms with Gasteiger partial charge in [-0.15, -0.1) is 0 Å². The number of benzene rings is 3. The number of hydrogen-bond acceptors (Lipinski definition) is 5. The Morgan fingerprint density at radius 3 is 2.00 bits per heavy atom. The lowest BCUT2D eigenvalue weighted by molar-refractivity contribution is 0.454. The van der Waals surface area contributed by atoms with Crippen molar-refractivity contribution in [2.24, 2.45) is 0 Å². The maximum Gasteiger partial charge on any atom is 0.142 e. The van der Waals surface area contributed by atoms with Gasteiger partial charge in [0.15, 0.2) is 0 Å². The van der Waals surface area contributed by atoms with E-state index in [1.54, 1.807) is 12.1 Å². The largest absolute Gasteiger partial charge is 0.508 e. The summed E-state index contributed by atoms with van der Waals surface area (Å²) in [6.45, 7) is 0. The maximum absolute atomic E-state index is 10.0. The predicted octanol–water partition coefficient (Wildman–Crippen LogP) is 3.56. The number of furan rings is 1. The van der Waals surface area contributed by atoms with E-state index in [2.05, 4.69) is 0 Å². The molecule has 0 aliphatic rings. The topological polar surface area (TPSA) is 94.1 Å². The molecule has 0 radical (unpaired) electrons. The molecule has 1 aromatic heterocycles. The Morgan fingerprint density at radius 1 is 0.619 bits per heavy atom. The standard InChI is InChI=1S/C16H10O5/c17-7-3-13(20)16-10-5-8-9(12(19)2-1-11(8)18)6-14(10)21-15(16)4-7/h1-6,17-20H. The van der Waals surface area contributed by atoms with Crippen molar-refractivity contribution in [3.8, 4) is 23.0 Å². The number of aromatic hydroxyl groups is 4. The van der Waals surface area contributed by atoms with Crippen molar-refractivity contribution in [2.45, 2.75) is 0 Å². The van der Waals surface area contributed by atoms with Crippen LogP contribution >= 0.6 is 0 Å². The second-order valence-electron chi connectivity index (χ2n) is 4.94. The van der Waals surface area contributed by atoms with E-state index in [9.17, 15) is 20.4 Å². The van der Waals surface area contributed by atoms with Crippen LogP contribution in [-0.4, -0.2) is 20.4 Å². The number of phenols is 4. The first kappa shape index (κ1) is 11.7. The van der Waals surface area contributed by atoms with Crippen LogP contribution in [0.2, 0.25) is 0 Å². The zero-order chi connectivity index (χ0) is 14.7. The number of hydrogen-bond donors (Lipinski definition) is 4. The fourth-order valence-electron chi connectivity index (χ4n) is 2.68. The van der Waals surface area contributed by atoms with E-state index in [1.807, 2.05) is 0 Å². The lowest BCUT2D eigenvalue weighted by Crippen LogP contribution is -1.77. The SMILES string of the molecule is Oc1cc(O)c2c(c1)oc1cc3c(O)ccc(O)c3cc12. The highest BCUT2D eigenvalue weighted by Crippen LogP contribution is 2.42. The van der Waals surface area contributed by atoms with Gasteiger partial charge in [0.25, 0.3) is 0 Å². The molecule has 4 N–H and O–H groups in total. The van der Waals surface area contributed by atoms with Crippen LogP contribution in [-0.2, 0) is 0 Å². The molecule has 4 aromatic rings. The van der Waals surface area contributed by atoms with Gasteiger partial charge in [0.05, 0.1) is 5.39 Å². The minimum absolute atomic E-state index is 0.0252. The molecule has 21 heavy (non-hydrogen) atoms. The molecular weight excluding hydrogens is 272 g/mol. The van der Waals surface area contributed by atoms with Gasteiger partial charge in [-0.3, -0.25) is 0 Å². The quantitative estimate of drug-likeness (QED) is 0.370. The van der Waals surface area contributed by atoms with Crippen molar-refractivity contribution in [1.82, 2.24) is 0 Å². The maximum atomic E-state index is 10.0. The van der Waals surface area contributed by atoms with E-state index in [4.69, 9.17) is 4.42 Å². The molecular formula is C16H10O5. The summed E-state index contributed by atoms with van der Waals surface area (Å²) in [4.78, 5) is 0. The Kier molecular flexibility index (Phi) is 2.08. The zero-order valence-electron chi connectivity index (χ0n) is 10.7. The number of fused-ring (bicyclic) bond motifs is 4. The highest BCUT2D eigenvalue weighted by Gasteiger charge is 2.15. The fraction of sp³-hybridized carbons (Fsp3) is 0. The Bertz CT molecular complexity index is 1030. The second kappa shape index (κ2) is 3.73. The normalized spacial score (nSPS) is 11.6. The van der Waals surface area contributed by atoms with Gasteiger partial charge in [-0.25, -0.2) is 0 Å². The summed E-state index contributed by atoms with van der Waals surface area (Å²) in [6, 6.07) is 8.66. The summed E-state index contributed by atoms with van der Waals surface area (Å²) in [5, 5.41) is 41.3. The summed E-state index contributed by atoms with van der Waals surface area (Å²) < 4.78 is 5.60. The molecule has 5 nitrogen and oxygen atoms in total. The molecule has 0 aliphatic carbocycles. The van der Waals surface area contributed by atoms with Crippen LogP contribution in [0.15, 0.2) is 40.8 Å². The van der Waals surface area contributed by atoms with Crippen LogP contribution in [0.25, 0.3) is 32.7 Å². The molecule has 0 atom stereocenters. The van der Waals surface area contributed by atoms with E-state index in [0.29, 0.717) is 32.7 Å². The lowest BCUT2D eigenvalue weighted by atomic mass is 10.0. The zero-order valence-corrected chi connectivity index (χ0v) is 10.7. The smallest absolute Gasteiger partial charge is 0.142 e. The van der Waals surface area contributed by atoms with Crippen LogP contribution in [0.5, 0.6) is 23.0 Å². The van der Waals surface area contributed by atoms with Gasteiger partial charge in [0.1, 0.15) is 34.2 Å². The summed E-state index contributed by atoms with van der Waals surface area (Å²) in [6.07, 6.45) is 0. The molecule has 0 spiro atoms. The van der Waals surface area contributed by atoms with Gasteiger partial charge < -0.3 is 24.8 Å². The molecule has 3 aromatic carbocycles. The van der Waals surface area contributed by atoms with Gasteiger partial charge in [-0.05, 0) is 24.3 Å². The Morgan fingerprint density at radius 2 is 1.29 bits per heavy atom. The molecule has 0 amide bonds. The third-order valence-electron chi connectivity index (χ3n) is 3.63. The van der Waals surface area contributed by atoms with Crippen LogP contribution in [0, 0.1) is 0 Å². The monoisotopic (exact) mass is 282 g/mol. The van der Waals surface area contributed by atoms with Crippen molar-refractivity contribution in [3.05, 3.63) is 36.4 Å². The van der Waals surface area contributed by atoms with Crippen molar-refractivity contribution in [1.29, 1.82) is 0 Å². The minimum atomic E-state index is -0.109. The van der Waals surface area contributed by atoms with Crippen molar-refractivity contribution < 1.29 is 24.8 Å². The Balaban J connectivity index is 2.27. The molecule has 4 rings (SSSR count). The first-order valence-electron chi connectivity index (χ1n) is 6.27. The second-order valence-corrected chi connectivity index (χ2v) is 4.94. The van der Waals surface area contributed by atoms with Gasteiger partial charge in [-0.1, -0.05) is 0 Å². The highest BCUT2D eigenvalue weighted by molar-refractivity contribution is 6.14. The van der Waals surface area contributed by atoms with E-state index in [-0.39, 0.29) is 23.0 Å².